The number of nitrogens with one attached hydrogen (secondary N) is 1. The van der Waals surface area contributed by atoms with Crippen molar-refractivity contribution in [3.8, 4) is 0 Å². The van der Waals surface area contributed by atoms with E-state index in [1.54, 1.807) is 11.3 Å². The van der Waals surface area contributed by atoms with Crippen molar-refractivity contribution in [3.05, 3.63) is 27.8 Å². The topological polar surface area (TPSA) is 80.9 Å². The molecule has 2 heterocycles. The molecule has 0 aliphatic rings. The number of thiazole rings is 1. The van der Waals surface area contributed by atoms with E-state index in [-0.39, 0.29) is 5.91 Å². The largest absolute Gasteiger partial charge is 0.356 e. The molecule has 1 N–H and O–H groups in total. The summed E-state index contributed by atoms with van der Waals surface area (Å²) in [7, 11) is 0. The number of aromatic nitrogens is 3. The summed E-state index contributed by atoms with van der Waals surface area (Å²) in [6.45, 7) is 4.64. The zero-order valence-electron chi connectivity index (χ0n) is 12.4. The van der Waals surface area contributed by atoms with Gasteiger partial charge in [0.1, 0.15) is 0 Å². The number of carbonyl (C=O) groups is 1. The van der Waals surface area contributed by atoms with E-state index in [9.17, 15) is 4.79 Å². The van der Waals surface area contributed by atoms with Crippen LogP contribution in [0.2, 0.25) is 0 Å². The van der Waals surface area contributed by atoms with Gasteiger partial charge in [0, 0.05) is 37.6 Å². The van der Waals surface area contributed by atoms with Gasteiger partial charge in [-0.2, -0.15) is 4.98 Å². The van der Waals surface area contributed by atoms with Crippen molar-refractivity contribution < 1.29 is 9.32 Å². The Kier molecular flexibility index (Phi) is 5.86. The van der Waals surface area contributed by atoms with Crippen LogP contribution in [0.4, 0.5) is 0 Å². The van der Waals surface area contributed by atoms with Crippen LogP contribution in [-0.4, -0.2) is 27.6 Å². The molecule has 0 spiro atoms. The maximum Gasteiger partial charge on any atom is 0.227 e. The lowest BCUT2D eigenvalue weighted by Gasteiger charge is -2.02. The Morgan fingerprint density at radius 1 is 1.33 bits per heavy atom. The first kappa shape index (κ1) is 15.6. The second-order valence-electron chi connectivity index (χ2n) is 4.81. The normalized spacial score (nSPS) is 10.8. The molecule has 0 saturated heterocycles. The second-order valence-corrected chi connectivity index (χ2v) is 5.87. The first-order chi connectivity index (χ1) is 10.2. The van der Waals surface area contributed by atoms with Crippen molar-refractivity contribution in [1.29, 1.82) is 0 Å². The van der Waals surface area contributed by atoms with E-state index in [1.165, 1.54) is 0 Å². The van der Waals surface area contributed by atoms with Crippen LogP contribution in [0, 0.1) is 6.92 Å². The number of amides is 1. The molecule has 0 aliphatic carbocycles. The zero-order valence-corrected chi connectivity index (χ0v) is 13.2. The fourth-order valence-electron chi connectivity index (χ4n) is 1.88. The van der Waals surface area contributed by atoms with Gasteiger partial charge < -0.3 is 9.84 Å². The minimum atomic E-state index is -0.00260. The predicted molar refractivity (Wildman–Crippen MR) is 80.2 cm³/mol. The average molecular weight is 308 g/mol. The van der Waals surface area contributed by atoms with E-state index >= 15 is 0 Å². The van der Waals surface area contributed by atoms with Crippen LogP contribution in [0.5, 0.6) is 0 Å². The van der Waals surface area contributed by atoms with Gasteiger partial charge in [0.05, 0.1) is 10.7 Å². The Balaban J connectivity index is 1.64. The number of hydrogen-bond donors (Lipinski definition) is 1. The third-order valence-electron chi connectivity index (χ3n) is 2.92. The van der Waals surface area contributed by atoms with Gasteiger partial charge in [0.2, 0.25) is 11.8 Å². The molecular weight excluding hydrogens is 288 g/mol. The molecule has 7 heteroatoms. The summed E-state index contributed by atoms with van der Waals surface area (Å²) in [6, 6.07) is 0. The summed E-state index contributed by atoms with van der Waals surface area (Å²) >= 11 is 1.63. The van der Waals surface area contributed by atoms with Crippen molar-refractivity contribution in [2.24, 2.45) is 0 Å². The molecule has 0 aliphatic heterocycles. The smallest absolute Gasteiger partial charge is 0.227 e. The van der Waals surface area contributed by atoms with Crippen LogP contribution in [0.15, 0.2) is 9.90 Å². The fourth-order valence-corrected chi connectivity index (χ4v) is 2.53. The summed E-state index contributed by atoms with van der Waals surface area (Å²) in [4.78, 5) is 20.3. The van der Waals surface area contributed by atoms with Crippen molar-refractivity contribution >= 4 is 17.2 Å². The Morgan fingerprint density at radius 2 is 2.19 bits per heavy atom. The van der Waals surface area contributed by atoms with E-state index in [4.69, 9.17) is 4.52 Å². The molecule has 0 aromatic carbocycles. The van der Waals surface area contributed by atoms with E-state index in [1.807, 2.05) is 12.3 Å². The van der Waals surface area contributed by atoms with Gasteiger partial charge in [-0.3, -0.25) is 4.79 Å². The van der Waals surface area contributed by atoms with Crippen LogP contribution in [0.1, 0.15) is 42.2 Å². The Morgan fingerprint density at radius 3 is 2.90 bits per heavy atom. The molecule has 0 fully saturated rings. The monoisotopic (exact) mass is 308 g/mol. The quantitative estimate of drug-likeness (QED) is 0.807. The molecule has 6 nitrogen and oxygen atoms in total. The highest BCUT2D eigenvalue weighted by Crippen LogP contribution is 2.08. The fraction of sp³-hybridized carbons (Fsp3) is 0.571. The molecule has 0 saturated carbocycles. The van der Waals surface area contributed by atoms with Crippen molar-refractivity contribution in [1.82, 2.24) is 20.4 Å². The summed E-state index contributed by atoms with van der Waals surface area (Å²) in [6.07, 6.45) is 3.40. The second kappa shape index (κ2) is 7.87. The molecular formula is C14H20N4O2S. The van der Waals surface area contributed by atoms with Crippen LogP contribution >= 0.6 is 11.3 Å². The molecule has 0 unspecified atom stereocenters. The Bertz CT molecular complexity index is 579. The van der Waals surface area contributed by atoms with E-state index in [2.05, 4.69) is 27.4 Å². The molecule has 1 amide bonds. The lowest BCUT2D eigenvalue weighted by atomic mass is 10.2. The van der Waals surface area contributed by atoms with Gasteiger partial charge in [0.15, 0.2) is 5.82 Å². The molecule has 0 radical (unpaired) electrons. The molecule has 2 rings (SSSR count). The van der Waals surface area contributed by atoms with Crippen LogP contribution in [0.25, 0.3) is 0 Å². The van der Waals surface area contributed by atoms with Gasteiger partial charge in [-0.1, -0.05) is 12.1 Å². The Hall–Kier alpha value is -1.76. The SMILES string of the molecule is CCCc1noc(CCC(=O)NCCc2csc(C)n2)n1. The van der Waals surface area contributed by atoms with Crippen molar-refractivity contribution in [2.45, 2.75) is 46.0 Å². The minimum absolute atomic E-state index is 0.00260. The Labute approximate surface area is 128 Å². The summed E-state index contributed by atoms with van der Waals surface area (Å²) < 4.78 is 5.09. The molecule has 21 heavy (non-hydrogen) atoms. The predicted octanol–water partition coefficient (Wildman–Crippen LogP) is 2.08. The van der Waals surface area contributed by atoms with Crippen LogP contribution < -0.4 is 5.32 Å². The molecule has 2 aromatic rings. The lowest BCUT2D eigenvalue weighted by molar-refractivity contribution is -0.121. The zero-order chi connectivity index (χ0) is 15.1. The summed E-state index contributed by atoms with van der Waals surface area (Å²) in [5, 5.41) is 9.82. The van der Waals surface area contributed by atoms with E-state index in [0.717, 1.165) is 30.0 Å². The number of aryl methyl sites for hydroxylation is 3. The van der Waals surface area contributed by atoms with Crippen molar-refractivity contribution in [2.75, 3.05) is 6.54 Å². The van der Waals surface area contributed by atoms with Gasteiger partial charge >= 0.3 is 0 Å². The van der Waals surface area contributed by atoms with Crippen LogP contribution in [-0.2, 0) is 24.1 Å². The highest BCUT2D eigenvalue weighted by Gasteiger charge is 2.08. The number of carbonyl (C=O) groups excluding carboxylic acids is 1. The maximum atomic E-state index is 11.7. The first-order valence-corrected chi connectivity index (χ1v) is 8.04. The van der Waals surface area contributed by atoms with Crippen LogP contribution in [0.3, 0.4) is 0 Å². The maximum absolute atomic E-state index is 11.7. The first-order valence-electron chi connectivity index (χ1n) is 7.16. The van der Waals surface area contributed by atoms with Gasteiger partial charge in [0.25, 0.3) is 0 Å². The number of nitrogens with zero attached hydrogens (tertiary/aromatic N) is 3. The van der Waals surface area contributed by atoms with Gasteiger partial charge in [-0.15, -0.1) is 11.3 Å². The highest BCUT2D eigenvalue weighted by molar-refractivity contribution is 7.09. The molecule has 2 aromatic heterocycles. The van der Waals surface area contributed by atoms with E-state index < -0.39 is 0 Å². The number of hydrogen-bond acceptors (Lipinski definition) is 6. The highest BCUT2D eigenvalue weighted by atomic mass is 32.1. The third-order valence-corrected chi connectivity index (χ3v) is 3.74. The molecule has 0 bridgehead atoms. The van der Waals surface area contributed by atoms with Gasteiger partial charge in [-0.05, 0) is 13.3 Å². The summed E-state index contributed by atoms with van der Waals surface area (Å²) in [5.74, 6) is 1.24. The van der Waals surface area contributed by atoms with Crippen molar-refractivity contribution in [3.63, 3.8) is 0 Å². The third kappa shape index (κ3) is 5.26. The van der Waals surface area contributed by atoms with E-state index in [0.29, 0.717) is 31.1 Å². The minimum Gasteiger partial charge on any atom is -0.356 e. The molecule has 114 valence electrons. The number of rotatable bonds is 8. The summed E-state index contributed by atoms with van der Waals surface area (Å²) in [5.41, 5.74) is 1.03. The molecule has 0 atom stereocenters. The van der Waals surface area contributed by atoms with Gasteiger partial charge in [-0.25, -0.2) is 4.98 Å². The lowest BCUT2D eigenvalue weighted by Crippen LogP contribution is -2.26. The standard InChI is InChI=1S/C14H20N4O2S/c1-3-4-12-17-14(20-18-12)6-5-13(19)15-8-7-11-9-21-10(2)16-11/h9H,3-8H2,1-2H3,(H,15,19). The average Bonchev–Trinajstić information content (AvgIpc) is 3.06.